The van der Waals surface area contributed by atoms with Gasteiger partial charge in [0.15, 0.2) is 43.1 Å². The summed E-state index contributed by atoms with van der Waals surface area (Å²) >= 11 is 0. The zero-order valence-corrected chi connectivity index (χ0v) is 29.1. The van der Waals surface area contributed by atoms with Crippen molar-refractivity contribution in [2.45, 2.75) is 103 Å². The van der Waals surface area contributed by atoms with Gasteiger partial charge in [-0.05, 0) is 5.56 Å². The highest BCUT2D eigenvalue weighted by Crippen LogP contribution is 2.35. The van der Waals surface area contributed by atoms with Crippen LogP contribution in [0.15, 0.2) is 30.3 Å². The van der Waals surface area contributed by atoms with E-state index in [2.05, 4.69) is 9.50 Å². The molecule has 2 fully saturated rings. The second-order valence-electron chi connectivity index (χ2n) is 11.1. The normalized spacial score (nSPS) is 29.2. The highest BCUT2D eigenvalue weighted by molar-refractivity contribution is 7.80. The third kappa shape index (κ3) is 12.2. The lowest BCUT2D eigenvalue weighted by molar-refractivity contribution is -0.343. The number of carbonyl (C=O) groups excluding carboxylic acids is 6. The molecule has 51 heavy (non-hydrogen) atoms. The predicted octanol–water partition coefficient (Wildman–Crippen LogP) is -0.738. The zero-order valence-electron chi connectivity index (χ0n) is 28.3. The maximum Gasteiger partial charge on any atom is 0.397 e. The van der Waals surface area contributed by atoms with Crippen LogP contribution in [0.25, 0.3) is 0 Å². The standard InChI is InChI=1S/C30H39NO19S/c1-14(32)31-21-23(22(44-15(2)33)20(13-43-51(38,39)40)48-29(21)42-12-19-10-8-7-9-11-19)49-30-27(47-18(5)36)25(46-17(4)35)24(45-16(3)34)26(50-30)28(37)41-6/h7-11,20-27,29-30H,12-13H2,1-6H3,(H,31,32)(H,38,39,40)/t20-,21-,22+,23-,24+,25+,26+,27-,29-,30-/m1/s1. The van der Waals surface area contributed by atoms with E-state index in [1.165, 1.54) is 0 Å². The van der Waals surface area contributed by atoms with Gasteiger partial charge in [-0.1, -0.05) is 30.3 Å². The average molecular weight is 750 g/mol. The molecule has 0 unspecified atom stereocenters. The van der Waals surface area contributed by atoms with Crippen LogP contribution < -0.4 is 5.32 Å². The molecule has 20 nitrogen and oxygen atoms in total. The maximum absolute atomic E-state index is 13.0. The molecule has 2 saturated heterocycles. The number of nitrogens with one attached hydrogen (secondary N) is 1. The molecule has 1 amide bonds. The van der Waals surface area contributed by atoms with Crippen molar-refractivity contribution < 1.29 is 88.6 Å². The quantitative estimate of drug-likeness (QED) is 0.135. The molecule has 2 heterocycles. The molecule has 1 aromatic carbocycles. The summed E-state index contributed by atoms with van der Waals surface area (Å²) in [4.78, 5) is 74.7. The van der Waals surface area contributed by atoms with Gasteiger partial charge in [-0.15, -0.1) is 0 Å². The first-order valence-corrected chi connectivity index (χ1v) is 16.5. The van der Waals surface area contributed by atoms with E-state index in [0.29, 0.717) is 5.56 Å². The smallest absolute Gasteiger partial charge is 0.397 e. The maximum atomic E-state index is 13.0. The minimum Gasteiger partial charge on any atom is -0.467 e. The Hall–Kier alpha value is -4.25. The molecule has 284 valence electrons. The lowest BCUT2D eigenvalue weighted by Gasteiger charge is -2.49. The van der Waals surface area contributed by atoms with E-state index in [0.717, 1.165) is 41.7 Å². The molecule has 0 aromatic heterocycles. The number of hydrogen-bond acceptors (Lipinski definition) is 18. The minimum absolute atomic E-state index is 0.155. The fourth-order valence-electron chi connectivity index (χ4n) is 5.31. The number of amides is 1. The third-order valence-corrected chi connectivity index (χ3v) is 7.52. The van der Waals surface area contributed by atoms with E-state index in [1.807, 2.05) is 0 Å². The number of methoxy groups -OCH3 is 1. The van der Waals surface area contributed by atoms with Crippen molar-refractivity contribution in [3.63, 3.8) is 0 Å². The number of benzene rings is 1. The number of hydrogen-bond donors (Lipinski definition) is 2. The van der Waals surface area contributed by atoms with Crippen LogP contribution in [0.4, 0.5) is 0 Å². The van der Waals surface area contributed by atoms with E-state index >= 15 is 0 Å². The fourth-order valence-corrected chi connectivity index (χ4v) is 5.62. The van der Waals surface area contributed by atoms with Crippen LogP contribution in [0, 0.1) is 0 Å². The van der Waals surface area contributed by atoms with Crippen LogP contribution >= 0.6 is 0 Å². The van der Waals surface area contributed by atoms with Crippen LogP contribution in [0.3, 0.4) is 0 Å². The Morgan fingerprint density at radius 2 is 1.29 bits per heavy atom. The Labute approximate surface area is 292 Å². The number of rotatable bonds is 14. The second kappa shape index (κ2) is 18.3. The predicted molar refractivity (Wildman–Crippen MR) is 163 cm³/mol. The molecule has 0 spiro atoms. The number of esters is 5. The Morgan fingerprint density at radius 3 is 1.82 bits per heavy atom. The summed E-state index contributed by atoms with van der Waals surface area (Å²) in [6.45, 7) is 3.88. The number of ether oxygens (including phenoxy) is 9. The van der Waals surface area contributed by atoms with Crippen LogP contribution in [-0.4, -0.2) is 124 Å². The van der Waals surface area contributed by atoms with Crippen molar-refractivity contribution in [1.29, 1.82) is 0 Å². The van der Waals surface area contributed by atoms with Crippen molar-refractivity contribution in [3.8, 4) is 0 Å². The topological polar surface area (TPSA) is 261 Å². The van der Waals surface area contributed by atoms with Crippen LogP contribution in [0.1, 0.15) is 40.2 Å². The molecule has 0 radical (unpaired) electrons. The monoisotopic (exact) mass is 749 g/mol. The van der Waals surface area contributed by atoms with Gasteiger partial charge in [0.25, 0.3) is 0 Å². The van der Waals surface area contributed by atoms with Gasteiger partial charge in [0.05, 0.1) is 20.3 Å². The molecule has 3 rings (SSSR count). The Kier molecular flexibility index (Phi) is 14.8. The first kappa shape index (κ1) is 41.2. The first-order valence-electron chi connectivity index (χ1n) is 15.2. The minimum atomic E-state index is -5.10. The van der Waals surface area contributed by atoms with Crippen molar-refractivity contribution in [2.24, 2.45) is 0 Å². The molecule has 0 saturated carbocycles. The van der Waals surface area contributed by atoms with Gasteiger partial charge in [-0.3, -0.25) is 28.5 Å². The summed E-state index contributed by atoms with van der Waals surface area (Å²) in [5.74, 6) is -5.74. The molecule has 10 atom stereocenters. The lowest BCUT2D eigenvalue weighted by atomic mass is 9.94. The largest absolute Gasteiger partial charge is 0.467 e. The molecule has 0 bridgehead atoms. The summed E-state index contributed by atoms with van der Waals surface area (Å²) in [7, 11) is -4.12. The SMILES string of the molecule is COC(=O)[C@H]1O[C@@H](O[C@@H]2[C@@H](NC(C)=O)[C@H](OCc3ccccc3)O[C@H](COS(=O)(=O)O)[C@@H]2OC(C)=O)[C@H](OC(C)=O)[C@@H](OC(C)=O)[C@@H]1OC(C)=O. The summed E-state index contributed by atoms with van der Waals surface area (Å²) in [5, 5.41) is 2.56. The van der Waals surface area contributed by atoms with E-state index in [-0.39, 0.29) is 6.61 Å². The van der Waals surface area contributed by atoms with Gasteiger partial charge in [0, 0.05) is 34.6 Å². The summed E-state index contributed by atoms with van der Waals surface area (Å²) in [5.41, 5.74) is 0.625. The Morgan fingerprint density at radius 1 is 0.745 bits per heavy atom. The summed E-state index contributed by atoms with van der Waals surface area (Å²) in [6.07, 6.45) is -15.9. The Bertz CT molecular complexity index is 1520. The molecule has 21 heteroatoms. The van der Waals surface area contributed by atoms with Crippen LogP contribution in [0.2, 0.25) is 0 Å². The highest BCUT2D eigenvalue weighted by Gasteiger charge is 2.58. The molecule has 2 N–H and O–H groups in total. The highest BCUT2D eigenvalue weighted by atomic mass is 32.3. The third-order valence-electron chi connectivity index (χ3n) is 7.08. The van der Waals surface area contributed by atoms with E-state index in [4.69, 9.17) is 42.6 Å². The average Bonchev–Trinajstić information content (AvgIpc) is 3.02. The Balaban J connectivity index is 2.20. The van der Waals surface area contributed by atoms with Crippen LogP contribution in [-0.2, 0) is 92.6 Å². The van der Waals surface area contributed by atoms with Gasteiger partial charge in [0.2, 0.25) is 5.91 Å². The van der Waals surface area contributed by atoms with Crippen molar-refractivity contribution in [3.05, 3.63) is 35.9 Å². The second-order valence-corrected chi connectivity index (χ2v) is 12.2. The van der Waals surface area contributed by atoms with Crippen LogP contribution in [0.5, 0.6) is 0 Å². The molecule has 2 aliphatic heterocycles. The van der Waals surface area contributed by atoms with Gasteiger partial charge in [0.1, 0.15) is 18.2 Å². The van der Waals surface area contributed by atoms with Gasteiger partial charge in [-0.25, -0.2) is 8.98 Å². The molecule has 2 aliphatic rings. The summed E-state index contributed by atoms with van der Waals surface area (Å²) in [6, 6.07) is 7.12. The van der Waals surface area contributed by atoms with Gasteiger partial charge in [-0.2, -0.15) is 8.42 Å². The molecular formula is C30H39NO19S. The van der Waals surface area contributed by atoms with Crippen molar-refractivity contribution in [1.82, 2.24) is 5.32 Å². The lowest BCUT2D eigenvalue weighted by Crippen LogP contribution is -2.69. The van der Waals surface area contributed by atoms with Crippen molar-refractivity contribution in [2.75, 3.05) is 13.7 Å². The van der Waals surface area contributed by atoms with E-state index in [1.54, 1.807) is 30.3 Å². The molecular weight excluding hydrogens is 710 g/mol. The summed E-state index contributed by atoms with van der Waals surface area (Å²) < 4.78 is 87.3. The van der Waals surface area contributed by atoms with E-state index in [9.17, 15) is 41.7 Å². The molecule has 0 aliphatic carbocycles. The van der Waals surface area contributed by atoms with Crippen molar-refractivity contribution >= 4 is 46.2 Å². The molecule has 1 aromatic rings. The van der Waals surface area contributed by atoms with Gasteiger partial charge < -0.3 is 47.9 Å². The van der Waals surface area contributed by atoms with E-state index < -0.39 is 114 Å². The zero-order chi connectivity index (χ0) is 38.0. The number of carbonyl (C=O) groups is 6. The first-order chi connectivity index (χ1) is 23.9. The fraction of sp³-hybridized carbons (Fsp3) is 0.600. The van der Waals surface area contributed by atoms with Gasteiger partial charge >= 0.3 is 40.2 Å².